The van der Waals surface area contributed by atoms with Crippen molar-refractivity contribution >= 4 is 17.5 Å². The fourth-order valence-corrected chi connectivity index (χ4v) is 2.99. The quantitative estimate of drug-likeness (QED) is 0.377. The summed E-state index contributed by atoms with van der Waals surface area (Å²) in [6, 6.07) is 3.01. The van der Waals surface area contributed by atoms with Gasteiger partial charge in [-0.25, -0.2) is 19.6 Å². The second-order valence-corrected chi connectivity index (χ2v) is 5.68. The number of pyridine rings is 1. The summed E-state index contributed by atoms with van der Waals surface area (Å²) in [4.78, 5) is 15.9. The highest BCUT2D eigenvalue weighted by Crippen LogP contribution is 2.48. The molecule has 0 atom stereocenters. The van der Waals surface area contributed by atoms with E-state index in [-0.39, 0.29) is 16.9 Å². The van der Waals surface area contributed by atoms with Crippen molar-refractivity contribution in [3.8, 4) is 5.88 Å². The van der Waals surface area contributed by atoms with E-state index in [9.17, 15) is 13.6 Å². The number of ether oxygens (including phenoxy) is 1. The minimum atomic E-state index is -2.61. The molecule has 21 heavy (non-hydrogen) atoms. The van der Waals surface area contributed by atoms with Gasteiger partial charge in [0.25, 0.3) is 6.43 Å². The van der Waals surface area contributed by atoms with Crippen molar-refractivity contribution in [3.05, 3.63) is 22.8 Å². The largest absolute Gasteiger partial charge is 0.472 e. The number of hydrazine groups is 1. The van der Waals surface area contributed by atoms with E-state index in [1.165, 1.54) is 12.1 Å². The Labute approximate surface area is 125 Å². The molecule has 0 unspecified atom stereocenters. The topological polar surface area (TPSA) is 77.2 Å². The molecule has 1 aromatic rings. The van der Waals surface area contributed by atoms with Crippen molar-refractivity contribution in [2.24, 2.45) is 11.8 Å². The van der Waals surface area contributed by atoms with Crippen molar-refractivity contribution in [2.45, 2.75) is 31.6 Å². The Kier molecular flexibility index (Phi) is 4.63. The standard InChI is InChI=1S/C13H16ClF2N3O2/c1-7-4-13(5-7,12(20)19-17)8-2-9(14)18-11(3-8)21-6-10(15)16/h2-3,7,10H,4-6,17H2,1H3,(H,19,20). The molecule has 1 aliphatic carbocycles. The molecule has 5 nitrogen and oxygen atoms in total. The molecular formula is C13H16ClF2N3O2. The van der Waals surface area contributed by atoms with Gasteiger partial charge in [0.1, 0.15) is 5.15 Å². The van der Waals surface area contributed by atoms with Crippen LogP contribution in [0.25, 0.3) is 0 Å². The van der Waals surface area contributed by atoms with Crippen LogP contribution >= 0.6 is 11.6 Å². The van der Waals surface area contributed by atoms with E-state index in [2.05, 4.69) is 10.4 Å². The summed E-state index contributed by atoms with van der Waals surface area (Å²) in [5.41, 5.74) is 1.93. The van der Waals surface area contributed by atoms with Gasteiger partial charge in [-0.05, 0) is 30.4 Å². The van der Waals surface area contributed by atoms with Gasteiger partial charge >= 0.3 is 0 Å². The van der Waals surface area contributed by atoms with Gasteiger partial charge in [0.05, 0.1) is 5.41 Å². The van der Waals surface area contributed by atoms with Crippen molar-refractivity contribution < 1.29 is 18.3 Å². The number of hydrogen-bond donors (Lipinski definition) is 2. The first-order valence-corrected chi connectivity index (χ1v) is 6.85. The van der Waals surface area contributed by atoms with Gasteiger partial charge in [-0.1, -0.05) is 18.5 Å². The molecule has 0 saturated heterocycles. The molecule has 0 bridgehead atoms. The van der Waals surface area contributed by atoms with Crippen LogP contribution in [0.2, 0.25) is 5.15 Å². The number of alkyl halides is 2. The SMILES string of the molecule is CC1CC(C(=O)NN)(c2cc(Cl)nc(OCC(F)F)c2)C1. The fourth-order valence-electron chi connectivity index (χ4n) is 2.79. The summed E-state index contributed by atoms with van der Waals surface area (Å²) >= 11 is 5.90. The highest BCUT2D eigenvalue weighted by atomic mass is 35.5. The first-order valence-electron chi connectivity index (χ1n) is 6.47. The molecule has 0 aliphatic heterocycles. The molecule has 0 spiro atoms. The Balaban J connectivity index is 2.31. The number of carbonyl (C=O) groups excluding carboxylic acids is 1. The first-order chi connectivity index (χ1) is 9.87. The summed E-state index contributed by atoms with van der Waals surface area (Å²) in [5.74, 6) is 5.25. The number of rotatable bonds is 5. The summed E-state index contributed by atoms with van der Waals surface area (Å²) in [6.07, 6.45) is -1.41. The minimum absolute atomic E-state index is 0.0263. The van der Waals surface area contributed by atoms with Crippen LogP contribution < -0.4 is 16.0 Å². The summed E-state index contributed by atoms with van der Waals surface area (Å²) in [7, 11) is 0. The summed E-state index contributed by atoms with van der Waals surface area (Å²) in [5, 5.41) is 0.0838. The number of halogens is 3. The maximum absolute atomic E-state index is 12.2. The van der Waals surface area contributed by atoms with Gasteiger partial charge in [0.2, 0.25) is 11.8 Å². The van der Waals surface area contributed by atoms with E-state index in [4.69, 9.17) is 22.2 Å². The predicted octanol–water partition coefficient (Wildman–Crippen LogP) is 2.04. The molecule has 1 amide bonds. The lowest BCUT2D eigenvalue weighted by molar-refractivity contribution is -0.131. The monoisotopic (exact) mass is 319 g/mol. The van der Waals surface area contributed by atoms with Crippen LogP contribution in [0, 0.1) is 5.92 Å². The van der Waals surface area contributed by atoms with Gasteiger partial charge in [-0.15, -0.1) is 0 Å². The van der Waals surface area contributed by atoms with Crippen molar-refractivity contribution in [2.75, 3.05) is 6.61 Å². The number of hydrogen-bond acceptors (Lipinski definition) is 4. The van der Waals surface area contributed by atoms with Gasteiger partial charge in [-0.2, -0.15) is 0 Å². The summed E-state index contributed by atoms with van der Waals surface area (Å²) < 4.78 is 29.3. The smallest absolute Gasteiger partial charge is 0.272 e. The molecule has 1 heterocycles. The molecule has 116 valence electrons. The van der Waals surface area contributed by atoms with E-state index >= 15 is 0 Å². The highest BCUT2D eigenvalue weighted by Gasteiger charge is 2.49. The second-order valence-electron chi connectivity index (χ2n) is 5.29. The van der Waals surface area contributed by atoms with Crippen LogP contribution in [-0.2, 0) is 10.2 Å². The van der Waals surface area contributed by atoms with Crippen LogP contribution in [0.3, 0.4) is 0 Å². The zero-order valence-electron chi connectivity index (χ0n) is 11.4. The zero-order chi connectivity index (χ0) is 15.6. The molecule has 0 radical (unpaired) electrons. The fraction of sp³-hybridized carbons (Fsp3) is 0.538. The molecule has 1 fully saturated rings. The lowest BCUT2D eigenvalue weighted by Gasteiger charge is -2.45. The molecule has 1 saturated carbocycles. The number of amides is 1. The third-order valence-electron chi connectivity index (χ3n) is 3.64. The molecule has 1 aliphatic rings. The van der Waals surface area contributed by atoms with Gasteiger partial charge in [0, 0.05) is 6.07 Å². The average molecular weight is 320 g/mol. The highest BCUT2D eigenvalue weighted by molar-refractivity contribution is 6.29. The van der Waals surface area contributed by atoms with Crippen LogP contribution in [0.5, 0.6) is 5.88 Å². The van der Waals surface area contributed by atoms with Crippen LogP contribution in [0.15, 0.2) is 12.1 Å². The molecule has 8 heteroatoms. The molecule has 1 aromatic heterocycles. The maximum Gasteiger partial charge on any atom is 0.272 e. The molecule has 0 aromatic carbocycles. The van der Waals surface area contributed by atoms with E-state index in [0.29, 0.717) is 24.3 Å². The lowest BCUT2D eigenvalue weighted by atomic mass is 9.59. The van der Waals surface area contributed by atoms with Crippen molar-refractivity contribution in [1.82, 2.24) is 10.4 Å². The molecular weight excluding hydrogens is 304 g/mol. The number of nitrogens with one attached hydrogen (secondary N) is 1. The lowest BCUT2D eigenvalue weighted by Crippen LogP contribution is -2.54. The van der Waals surface area contributed by atoms with Crippen LogP contribution in [0.1, 0.15) is 25.3 Å². The number of carbonyl (C=O) groups is 1. The van der Waals surface area contributed by atoms with Gasteiger partial charge in [0.15, 0.2) is 6.61 Å². The Hall–Kier alpha value is -1.47. The van der Waals surface area contributed by atoms with E-state index in [0.717, 1.165) is 0 Å². The Bertz CT molecular complexity index is 536. The van der Waals surface area contributed by atoms with Crippen molar-refractivity contribution in [3.63, 3.8) is 0 Å². The van der Waals surface area contributed by atoms with Crippen LogP contribution in [-0.4, -0.2) is 23.9 Å². The second kappa shape index (κ2) is 6.11. The third-order valence-corrected chi connectivity index (χ3v) is 3.83. The third kappa shape index (κ3) is 3.24. The number of nitrogens with zero attached hydrogens (tertiary/aromatic N) is 1. The van der Waals surface area contributed by atoms with E-state index in [1.54, 1.807) is 0 Å². The first kappa shape index (κ1) is 15.9. The number of nitrogens with two attached hydrogens (primary N) is 1. The average Bonchev–Trinajstić information content (AvgIpc) is 2.40. The zero-order valence-corrected chi connectivity index (χ0v) is 12.2. The molecule has 2 rings (SSSR count). The molecule has 3 N–H and O–H groups in total. The summed E-state index contributed by atoms with van der Waals surface area (Å²) in [6.45, 7) is 1.23. The van der Waals surface area contributed by atoms with Gasteiger partial charge < -0.3 is 4.74 Å². The minimum Gasteiger partial charge on any atom is -0.472 e. The van der Waals surface area contributed by atoms with Crippen molar-refractivity contribution in [1.29, 1.82) is 0 Å². The van der Waals surface area contributed by atoms with E-state index < -0.39 is 18.4 Å². The Morgan fingerprint density at radius 3 is 2.81 bits per heavy atom. The Morgan fingerprint density at radius 1 is 1.62 bits per heavy atom. The normalized spacial score (nSPS) is 24.6. The van der Waals surface area contributed by atoms with Gasteiger partial charge in [-0.3, -0.25) is 10.2 Å². The Morgan fingerprint density at radius 2 is 2.29 bits per heavy atom. The predicted molar refractivity (Wildman–Crippen MR) is 73.2 cm³/mol. The van der Waals surface area contributed by atoms with Crippen LogP contribution in [0.4, 0.5) is 8.78 Å². The maximum atomic E-state index is 12.2. The van der Waals surface area contributed by atoms with E-state index in [1.807, 2.05) is 6.92 Å². The number of aromatic nitrogens is 1.